The lowest BCUT2D eigenvalue weighted by molar-refractivity contribution is -0.116. The fourth-order valence-electron chi connectivity index (χ4n) is 2.14. The Morgan fingerprint density at radius 1 is 1.15 bits per heavy atom. The number of nitrogens with one attached hydrogen (secondary N) is 1. The van der Waals surface area contributed by atoms with E-state index in [1.54, 1.807) is 0 Å². The van der Waals surface area contributed by atoms with Gasteiger partial charge in [-0.1, -0.05) is 39.8 Å². The van der Waals surface area contributed by atoms with Gasteiger partial charge in [-0.25, -0.2) is 0 Å². The highest BCUT2D eigenvalue weighted by atomic mass is 16.2. The monoisotopic (exact) mass is 277 g/mol. The number of carbonyl (C=O) groups excluding carboxylic acids is 1. The Balaban J connectivity index is 2.81. The maximum atomic E-state index is 11.9. The molecule has 112 valence electrons. The number of aliphatic hydroxyl groups excluding tert-OH is 1. The molecule has 1 rings (SSSR count). The molecule has 3 nitrogen and oxygen atoms in total. The molecule has 0 radical (unpaired) electrons. The topological polar surface area (TPSA) is 49.3 Å². The SMILES string of the molecule is CC(C)c1ccc(NC(=O)CCCCO)c(C(C)C)c1. The molecule has 0 aliphatic heterocycles. The van der Waals surface area contributed by atoms with E-state index < -0.39 is 0 Å². The van der Waals surface area contributed by atoms with E-state index >= 15 is 0 Å². The Hall–Kier alpha value is -1.35. The van der Waals surface area contributed by atoms with Gasteiger partial charge in [-0.05, 0) is 41.9 Å². The standard InChI is InChI=1S/C17H27NO2/c1-12(2)14-8-9-16(15(11-14)13(3)4)18-17(20)7-5-6-10-19/h8-9,11-13,19H,5-7,10H2,1-4H3,(H,18,20). The summed E-state index contributed by atoms with van der Waals surface area (Å²) in [4.78, 5) is 11.9. The number of aliphatic hydroxyl groups is 1. The van der Waals surface area contributed by atoms with Crippen molar-refractivity contribution in [2.75, 3.05) is 11.9 Å². The average molecular weight is 277 g/mol. The van der Waals surface area contributed by atoms with Crippen molar-refractivity contribution in [3.8, 4) is 0 Å². The van der Waals surface area contributed by atoms with Crippen LogP contribution in [0, 0.1) is 0 Å². The molecule has 1 aromatic rings. The zero-order valence-electron chi connectivity index (χ0n) is 13.1. The first kappa shape index (κ1) is 16.7. The number of carbonyl (C=O) groups is 1. The van der Waals surface area contributed by atoms with Gasteiger partial charge >= 0.3 is 0 Å². The molecule has 1 amide bonds. The first-order valence-corrected chi connectivity index (χ1v) is 7.50. The van der Waals surface area contributed by atoms with Crippen molar-refractivity contribution in [1.29, 1.82) is 0 Å². The maximum absolute atomic E-state index is 11.9. The molecule has 0 fully saturated rings. The zero-order valence-corrected chi connectivity index (χ0v) is 13.1. The van der Waals surface area contributed by atoms with Crippen molar-refractivity contribution in [2.45, 2.75) is 58.8 Å². The van der Waals surface area contributed by atoms with Gasteiger partial charge in [0.05, 0.1) is 0 Å². The van der Waals surface area contributed by atoms with Gasteiger partial charge in [0.2, 0.25) is 5.91 Å². The fourth-order valence-corrected chi connectivity index (χ4v) is 2.14. The molecule has 0 aliphatic rings. The molecular formula is C17H27NO2. The van der Waals surface area contributed by atoms with E-state index in [4.69, 9.17) is 5.11 Å². The molecule has 0 aliphatic carbocycles. The number of unbranched alkanes of at least 4 members (excludes halogenated alkanes) is 1. The van der Waals surface area contributed by atoms with Crippen LogP contribution in [0.1, 0.15) is 69.9 Å². The van der Waals surface area contributed by atoms with Crippen LogP contribution in [0.3, 0.4) is 0 Å². The van der Waals surface area contributed by atoms with E-state index in [9.17, 15) is 4.79 Å². The van der Waals surface area contributed by atoms with E-state index in [-0.39, 0.29) is 12.5 Å². The van der Waals surface area contributed by atoms with Gasteiger partial charge in [0.1, 0.15) is 0 Å². The van der Waals surface area contributed by atoms with Gasteiger partial charge < -0.3 is 10.4 Å². The highest BCUT2D eigenvalue weighted by Gasteiger charge is 2.11. The van der Waals surface area contributed by atoms with Gasteiger partial charge in [0.15, 0.2) is 0 Å². The minimum Gasteiger partial charge on any atom is -0.396 e. The second kappa shape index (κ2) is 8.05. The summed E-state index contributed by atoms with van der Waals surface area (Å²) in [5, 5.41) is 11.7. The van der Waals surface area contributed by atoms with Crippen LogP contribution >= 0.6 is 0 Å². The molecule has 0 bridgehead atoms. The van der Waals surface area contributed by atoms with Crippen molar-refractivity contribution < 1.29 is 9.90 Å². The van der Waals surface area contributed by atoms with Crippen LogP contribution in [0.15, 0.2) is 18.2 Å². The summed E-state index contributed by atoms with van der Waals surface area (Å²) in [5.41, 5.74) is 3.40. The van der Waals surface area contributed by atoms with Crippen molar-refractivity contribution in [3.05, 3.63) is 29.3 Å². The predicted molar refractivity (Wildman–Crippen MR) is 84.2 cm³/mol. The predicted octanol–water partition coefficient (Wildman–Crippen LogP) is 4.03. The third-order valence-electron chi connectivity index (χ3n) is 3.45. The molecule has 0 spiro atoms. The normalized spacial score (nSPS) is 11.2. The fraction of sp³-hybridized carbons (Fsp3) is 0.588. The van der Waals surface area contributed by atoms with Gasteiger partial charge in [0, 0.05) is 18.7 Å². The summed E-state index contributed by atoms with van der Waals surface area (Å²) in [5.74, 6) is 0.890. The summed E-state index contributed by atoms with van der Waals surface area (Å²) in [6.45, 7) is 8.77. The van der Waals surface area contributed by atoms with Gasteiger partial charge in [-0.3, -0.25) is 4.79 Å². The van der Waals surface area contributed by atoms with E-state index in [1.165, 1.54) is 11.1 Å². The van der Waals surface area contributed by atoms with Gasteiger partial charge in [-0.15, -0.1) is 0 Å². The highest BCUT2D eigenvalue weighted by Crippen LogP contribution is 2.28. The van der Waals surface area contributed by atoms with E-state index in [0.717, 1.165) is 12.1 Å². The number of hydrogen-bond acceptors (Lipinski definition) is 2. The molecule has 0 saturated carbocycles. The first-order valence-electron chi connectivity index (χ1n) is 7.50. The molecule has 0 saturated heterocycles. The van der Waals surface area contributed by atoms with Crippen molar-refractivity contribution in [3.63, 3.8) is 0 Å². The molecule has 2 N–H and O–H groups in total. The number of anilines is 1. The summed E-state index contributed by atoms with van der Waals surface area (Å²) < 4.78 is 0. The van der Waals surface area contributed by atoms with Crippen molar-refractivity contribution in [2.24, 2.45) is 0 Å². The Morgan fingerprint density at radius 2 is 1.85 bits per heavy atom. The summed E-state index contributed by atoms with van der Waals surface area (Å²) in [7, 11) is 0. The summed E-state index contributed by atoms with van der Waals surface area (Å²) in [6.07, 6.45) is 1.87. The van der Waals surface area contributed by atoms with Crippen LogP contribution in [0.4, 0.5) is 5.69 Å². The van der Waals surface area contributed by atoms with Gasteiger partial charge in [-0.2, -0.15) is 0 Å². The van der Waals surface area contributed by atoms with Crippen molar-refractivity contribution >= 4 is 11.6 Å². The smallest absolute Gasteiger partial charge is 0.224 e. The lowest BCUT2D eigenvalue weighted by Crippen LogP contribution is -2.13. The van der Waals surface area contributed by atoms with Crippen LogP contribution in [0.5, 0.6) is 0 Å². The lowest BCUT2D eigenvalue weighted by Gasteiger charge is -2.17. The zero-order chi connectivity index (χ0) is 15.1. The number of benzene rings is 1. The molecule has 0 heterocycles. The van der Waals surface area contributed by atoms with E-state index in [2.05, 4.69) is 45.1 Å². The Labute approximate surface area is 122 Å². The number of hydrogen-bond donors (Lipinski definition) is 2. The Kier molecular flexibility index (Phi) is 6.73. The highest BCUT2D eigenvalue weighted by molar-refractivity contribution is 5.91. The first-order chi connectivity index (χ1) is 9.45. The second-order valence-electron chi connectivity index (χ2n) is 5.88. The minimum absolute atomic E-state index is 0.0256. The van der Waals surface area contributed by atoms with Crippen LogP contribution < -0.4 is 5.32 Å². The average Bonchev–Trinajstić information content (AvgIpc) is 2.38. The van der Waals surface area contributed by atoms with Crippen molar-refractivity contribution in [1.82, 2.24) is 0 Å². The minimum atomic E-state index is 0.0256. The molecule has 0 atom stereocenters. The third-order valence-corrected chi connectivity index (χ3v) is 3.45. The third kappa shape index (κ3) is 4.97. The quantitative estimate of drug-likeness (QED) is 0.739. The molecular weight excluding hydrogens is 250 g/mol. The molecule has 1 aromatic carbocycles. The molecule has 20 heavy (non-hydrogen) atoms. The summed E-state index contributed by atoms with van der Waals surface area (Å²) >= 11 is 0. The van der Waals surface area contributed by atoms with Gasteiger partial charge in [0.25, 0.3) is 0 Å². The maximum Gasteiger partial charge on any atom is 0.224 e. The summed E-state index contributed by atoms with van der Waals surface area (Å²) in [6, 6.07) is 6.28. The molecule has 0 aromatic heterocycles. The lowest BCUT2D eigenvalue weighted by atomic mass is 9.94. The van der Waals surface area contributed by atoms with Crippen LogP contribution in [0.2, 0.25) is 0 Å². The number of amides is 1. The Morgan fingerprint density at radius 3 is 2.40 bits per heavy atom. The molecule has 3 heteroatoms. The van der Waals surface area contributed by atoms with E-state index in [0.29, 0.717) is 24.7 Å². The molecule has 0 unspecified atom stereocenters. The Bertz CT molecular complexity index is 439. The van der Waals surface area contributed by atoms with Crippen LogP contribution in [0.25, 0.3) is 0 Å². The van der Waals surface area contributed by atoms with Crippen LogP contribution in [-0.2, 0) is 4.79 Å². The number of rotatable bonds is 7. The van der Waals surface area contributed by atoms with E-state index in [1.807, 2.05) is 6.07 Å². The van der Waals surface area contributed by atoms with Crippen LogP contribution in [-0.4, -0.2) is 17.6 Å². The largest absolute Gasteiger partial charge is 0.396 e. The second-order valence-corrected chi connectivity index (χ2v) is 5.88.